The van der Waals surface area contributed by atoms with Crippen LogP contribution < -0.4 is 4.74 Å². The van der Waals surface area contributed by atoms with Gasteiger partial charge in [-0.05, 0) is 18.2 Å². The molecular formula is C18H13Cl2N3O6. The molecule has 0 bridgehead atoms. The minimum absolute atomic E-state index is 0.0289. The highest BCUT2D eigenvalue weighted by Crippen LogP contribution is 2.41. The first kappa shape index (κ1) is 20.6. The van der Waals surface area contributed by atoms with Gasteiger partial charge in [-0.2, -0.15) is 5.01 Å². The Labute approximate surface area is 174 Å². The van der Waals surface area contributed by atoms with Gasteiger partial charge in [-0.3, -0.25) is 19.7 Å². The summed E-state index contributed by atoms with van der Waals surface area (Å²) in [5, 5.41) is 16.4. The van der Waals surface area contributed by atoms with Crippen LogP contribution in [0.4, 0.5) is 5.69 Å². The van der Waals surface area contributed by atoms with Crippen molar-refractivity contribution in [1.29, 1.82) is 0 Å². The summed E-state index contributed by atoms with van der Waals surface area (Å²) in [6.45, 7) is 2.45. The standard InChI is InChI=1S/C18H13Cl2N3O6/c1-9(24)22-18(14-7-12(19)8-15(20)16(14)28-10(2)25)29-17(21-22)11-4-3-5-13(6-11)23(26)27/h3-8,18H,1-2H3/t18-/m1/s1. The van der Waals surface area contributed by atoms with Gasteiger partial charge in [-0.15, -0.1) is 5.10 Å². The molecule has 0 aromatic heterocycles. The molecule has 0 saturated heterocycles. The van der Waals surface area contributed by atoms with Gasteiger partial charge in [0.15, 0.2) is 5.75 Å². The SMILES string of the molecule is CC(=O)Oc1c(Cl)cc(Cl)cc1[C@H]1OC(c2cccc([N+](=O)[O-])c2)=NN1C(C)=O. The number of halogens is 2. The fraction of sp³-hybridized carbons (Fsp3) is 0.167. The Kier molecular flexibility index (Phi) is 5.71. The van der Waals surface area contributed by atoms with Crippen LogP contribution in [-0.2, 0) is 14.3 Å². The number of benzene rings is 2. The number of non-ortho nitro benzene ring substituents is 1. The van der Waals surface area contributed by atoms with Crippen LogP contribution in [0.2, 0.25) is 10.0 Å². The molecule has 3 rings (SSSR count). The average Bonchev–Trinajstić information content (AvgIpc) is 3.09. The summed E-state index contributed by atoms with van der Waals surface area (Å²) >= 11 is 12.2. The van der Waals surface area contributed by atoms with Crippen molar-refractivity contribution in [2.75, 3.05) is 0 Å². The van der Waals surface area contributed by atoms with Crippen molar-refractivity contribution in [1.82, 2.24) is 5.01 Å². The Morgan fingerprint density at radius 3 is 2.59 bits per heavy atom. The van der Waals surface area contributed by atoms with Crippen LogP contribution in [0.25, 0.3) is 0 Å². The lowest BCUT2D eigenvalue weighted by atomic mass is 10.1. The van der Waals surface area contributed by atoms with Crippen molar-refractivity contribution < 1.29 is 24.0 Å². The van der Waals surface area contributed by atoms with E-state index in [0.717, 1.165) is 5.01 Å². The van der Waals surface area contributed by atoms with Crippen LogP contribution >= 0.6 is 23.2 Å². The molecule has 9 nitrogen and oxygen atoms in total. The minimum atomic E-state index is -1.15. The molecule has 2 aromatic rings. The van der Waals surface area contributed by atoms with Crippen LogP contribution in [-0.4, -0.2) is 27.7 Å². The summed E-state index contributed by atoms with van der Waals surface area (Å²) in [7, 11) is 0. The lowest BCUT2D eigenvalue weighted by Crippen LogP contribution is -2.26. The highest BCUT2D eigenvalue weighted by Gasteiger charge is 2.36. The van der Waals surface area contributed by atoms with Crippen molar-refractivity contribution in [2.45, 2.75) is 20.1 Å². The second-order valence-electron chi connectivity index (χ2n) is 5.95. The van der Waals surface area contributed by atoms with E-state index < -0.39 is 23.0 Å². The molecule has 0 fully saturated rings. The van der Waals surface area contributed by atoms with Crippen molar-refractivity contribution in [3.63, 3.8) is 0 Å². The number of hydrogen-bond acceptors (Lipinski definition) is 7. The fourth-order valence-corrected chi connectivity index (χ4v) is 3.20. The molecule has 29 heavy (non-hydrogen) atoms. The van der Waals surface area contributed by atoms with Crippen LogP contribution in [0.1, 0.15) is 31.2 Å². The molecule has 1 atom stereocenters. The number of esters is 1. The van der Waals surface area contributed by atoms with Gasteiger partial charge in [-0.25, -0.2) is 0 Å². The summed E-state index contributed by atoms with van der Waals surface area (Å²) in [4.78, 5) is 34.1. The van der Waals surface area contributed by atoms with Gasteiger partial charge >= 0.3 is 5.97 Å². The number of carbonyl (C=O) groups is 2. The number of nitro benzene ring substituents is 1. The molecular weight excluding hydrogens is 425 g/mol. The maximum absolute atomic E-state index is 12.1. The summed E-state index contributed by atoms with van der Waals surface area (Å²) in [6, 6.07) is 8.39. The van der Waals surface area contributed by atoms with Gasteiger partial charge in [0.05, 0.1) is 15.5 Å². The van der Waals surface area contributed by atoms with E-state index in [2.05, 4.69) is 5.10 Å². The molecule has 0 unspecified atom stereocenters. The van der Waals surface area contributed by atoms with Crippen molar-refractivity contribution in [3.8, 4) is 5.75 Å². The molecule has 1 heterocycles. The van der Waals surface area contributed by atoms with E-state index in [-0.39, 0.29) is 38.5 Å². The van der Waals surface area contributed by atoms with Gasteiger partial charge in [0.2, 0.25) is 18.0 Å². The third kappa shape index (κ3) is 4.30. The van der Waals surface area contributed by atoms with Crippen molar-refractivity contribution in [3.05, 3.63) is 67.7 Å². The Morgan fingerprint density at radius 2 is 1.97 bits per heavy atom. The van der Waals surface area contributed by atoms with E-state index in [1.807, 2.05) is 0 Å². The van der Waals surface area contributed by atoms with Crippen LogP contribution in [0, 0.1) is 10.1 Å². The topological polar surface area (TPSA) is 111 Å². The Bertz CT molecular complexity index is 1060. The summed E-state index contributed by atoms with van der Waals surface area (Å²) < 4.78 is 11.0. The predicted octanol–water partition coefficient (Wildman–Crippen LogP) is 4.07. The van der Waals surface area contributed by atoms with Crippen molar-refractivity contribution in [2.24, 2.45) is 5.10 Å². The quantitative estimate of drug-likeness (QED) is 0.308. The highest BCUT2D eigenvalue weighted by atomic mass is 35.5. The van der Waals surface area contributed by atoms with Crippen molar-refractivity contribution >= 4 is 46.7 Å². The zero-order chi connectivity index (χ0) is 21.3. The van der Waals surface area contributed by atoms with Gasteiger partial charge in [0, 0.05) is 36.6 Å². The number of hydrogen-bond donors (Lipinski definition) is 0. The first-order valence-corrected chi connectivity index (χ1v) is 8.90. The second kappa shape index (κ2) is 8.06. The summed E-state index contributed by atoms with van der Waals surface area (Å²) in [5.41, 5.74) is 0.310. The molecule has 2 aromatic carbocycles. The first-order valence-electron chi connectivity index (χ1n) is 8.14. The highest BCUT2D eigenvalue weighted by molar-refractivity contribution is 6.35. The normalized spacial score (nSPS) is 15.5. The monoisotopic (exact) mass is 437 g/mol. The molecule has 0 spiro atoms. The van der Waals surface area contributed by atoms with Gasteiger partial charge in [0.1, 0.15) is 0 Å². The summed E-state index contributed by atoms with van der Waals surface area (Å²) in [6.07, 6.45) is -1.15. The maximum atomic E-state index is 12.1. The first-order chi connectivity index (χ1) is 13.7. The zero-order valence-corrected chi connectivity index (χ0v) is 16.6. The van der Waals surface area contributed by atoms with E-state index in [1.54, 1.807) is 6.07 Å². The van der Waals surface area contributed by atoms with Gasteiger partial charge < -0.3 is 9.47 Å². The zero-order valence-electron chi connectivity index (χ0n) is 15.1. The maximum Gasteiger partial charge on any atom is 0.308 e. The molecule has 0 saturated carbocycles. The number of amides is 1. The Balaban J connectivity index is 2.06. The Morgan fingerprint density at radius 1 is 1.24 bits per heavy atom. The molecule has 0 N–H and O–H groups in total. The number of ether oxygens (including phenoxy) is 2. The average molecular weight is 438 g/mol. The van der Waals surface area contributed by atoms with Crippen LogP contribution in [0.15, 0.2) is 41.5 Å². The number of nitro groups is 1. The third-order valence-electron chi connectivity index (χ3n) is 3.82. The van der Waals surface area contributed by atoms with E-state index in [0.29, 0.717) is 0 Å². The lowest BCUT2D eigenvalue weighted by Gasteiger charge is -2.22. The molecule has 1 aliphatic heterocycles. The largest absolute Gasteiger partial charge is 0.446 e. The fourth-order valence-electron chi connectivity index (χ4n) is 2.65. The van der Waals surface area contributed by atoms with E-state index in [9.17, 15) is 19.7 Å². The van der Waals surface area contributed by atoms with Crippen LogP contribution in [0.3, 0.4) is 0 Å². The van der Waals surface area contributed by atoms with E-state index >= 15 is 0 Å². The number of carbonyl (C=O) groups excluding carboxylic acids is 2. The van der Waals surface area contributed by atoms with Gasteiger partial charge in [0.25, 0.3) is 5.69 Å². The van der Waals surface area contributed by atoms with Gasteiger partial charge in [-0.1, -0.05) is 29.3 Å². The number of hydrazone groups is 1. The molecule has 1 amide bonds. The minimum Gasteiger partial charge on any atom is -0.446 e. The molecule has 11 heteroatoms. The molecule has 150 valence electrons. The third-order valence-corrected chi connectivity index (χ3v) is 4.32. The lowest BCUT2D eigenvalue weighted by molar-refractivity contribution is -0.384. The predicted molar refractivity (Wildman–Crippen MR) is 104 cm³/mol. The summed E-state index contributed by atoms with van der Waals surface area (Å²) in [5.74, 6) is -1.18. The smallest absolute Gasteiger partial charge is 0.308 e. The molecule has 1 aliphatic rings. The van der Waals surface area contributed by atoms with Crippen LogP contribution in [0.5, 0.6) is 5.75 Å². The van der Waals surface area contributed by atoms with E-state index in [4.69, 9.17) is 32.7 Å². The molecule has 0 radical (unpaired) electrons. The number of nitrogens with zero attached hydrogens (tertiary/aromatic N) is 3. The number of rotatable bonds is 4. The molecule has 0 aliphatic carbocycles. The second-order valence-corrected chi connectivity index (χ2v) is 6.79. The van der Waals surface area contributed by atoms with E-state index in [1.165, 1.54) is 44.2 Å². The Hall–Kier alpha value is -3.17.